The molecule has 1 aromatic rings. The molecule has 1 heterocycles. The topological polar surface area (TPSA) is 50.9 Å². The molecule has 3 N–H and O–H groups in total. The number of anilines is 1. The molecule has 1 aromatic heterocycles. The van der Waals surface area contributed by atoms with Crippen molar-refractivity contribution in [1.82, 2.24) is 4.98 Å². The van der Waals surface area contributed by atoms with E-state index in [1.807, 2.05) is 12.1 Å². The highest BCUT2D eigenvalue weighted by Crippen LogP contribution is 2.37. The van der Waals surface area contributed by atoms with E-state index in [-0.39, 0.29) is 5.54 Å². The van der Waals surface area contributed by atoms with E-state index >= 15 is 0 Å². The van der Waals surface area contributed by atoms with Gasteiger partial charge in [0.05, 0.1) is 0 Å². The van der Waals surface area contributed by atoms with Crippen molar-refractivity contribution in [2.45, 2.75) is 25.3 Å². The quantitative estimate of drug-likeness (QED) is 0.740. The van der Waals surface area contributed by atoms with Crippen molar-refractivity contribution < 1.29 is 0 Å². The lowest BCUT2D eigenvalue weighted by Gasteiger charge is -2.11. The van der Waals surface area contributed by atoms with Crippen LogP contribution >= 0.6 is 12.2 Å². The molecule has 0 saturated heterocycles. The third kappa shape index (κ3) is 2.01. The molecule has 1 saturated carbocycles. The van der Waals surface area contributed by atoms with Gasteiger partial charge in [0.2, 0.25) is 0 Å². The fraction of sp³-hybridized carbons (Fsp3) is 0.400. The molecule has 0 unspecified atom stereocenters. The standard InChI is InChI=1S/C10H13N3S/c1-10(4-5-10)13-8-3-2-7(6-12-8)9(11)14/h2-3,6H,4-5H2,1H3,(H2,11,14)(H,12,13). The molecule has 0 spiro atoms. The zero-order valence-electron chi connectivity index (χ0n) is 8.08. The first-order chi connectivity index (χ1) is 6.59. The average molecular weight is 207 g/mol. The van der Waals surface area contributed by atoms with Gasteiger partial charge in [0.1, 0.15) is 10.8 Å². The molecule has 3 nitrogen and oxygen atoms in total. The third-order valence-corrected chi connectivity index (χ3v) is 2.71. The molecule has 74 valence electrons. The lowest BCUT2D eigenvalue weighted by atomic mass is 10.2. The van der Waals surface area contributed by atoms with Crippen LogP contribution in [0.15, 0.2) is 18.3 Å². The molecule has 0 radical (unpaired) electrons. The van der Waals surface area contributed by atoms with Gasteiger partial charge in [-0.1, -0.05) is 12.2 Å². The number of nitrogens with zero attached hydrogens (tertiary/aromatic N) is 1. The van der Waals surface area contributed by atoms with Crippen LogP contribution in [0.5, 0.6) is 0 Å². The largest absolute Gasteiger partial charge is 0.389 e. The van der Waals surface area contributed by atoms with E-state index in [0.29, 0.717) is 4.99 Å². The number of nitrogens with one attached hydrogen (secondary N) is 1. The van der Waals surface area contributed by atoms with Crippen molar-refractivity contribution in [2.75, 3.05) is 5.32 Å². The van der Waals surface area contributed by atoms with Crippen molar-refractivity contribution in [3.63, 3.8) is 0 Å². The minimum Gasteiger partial charge on any atom is -0.389 e. The molecule has 0 atom stereocenters. The summed E-state index contributed by atoms with van der Waals surface area (Å²) in [6.07, 6.45) is 4.13. The Hall–Kier alpha value is -1.16. The van der Waals surface area contributed by atoms with Gasteiger partial charge in [0, 0.05) is 17.3 Å². The highest BCUT2D eigenvalue weighted by molar-refractivity contribution is 7.80. The second-order valence-electron chi connectivity index (χ2n) is 3.98. The van der Waals surface area contributed by atoms with E-state index in [1.54, 1.807) is 6.20 Å². The van der Waals surface area contributed by atoms with Crippen LogP contribution in [0.2, 0.25) is 0 Å². The van der Waals surface area contributed by atoms with E-state index in [9.17, 15) is 0 Å². The van der Waals surface area contributed by atoms with Crippen LogP contribution in [0.3, 0.4) is 0 Å². The Morgan fingerprint density at radius 1 is 1.57 bits per heavy atom. The van der Waals surface area contributed by atoms with Crippen LogP contribution < -0.4 is 11.1 Å². The van der Waals surface area contributed by atoms with Crippen molar-refractivity contribution in [2.24, 2.45) is 5.73 Å². The minimum atomic E-state index is 0.262. The Bertz CT molecular complexity index is 354. The maximum atomic E-state index is 5.47. The molecule has 0 amide bonds. The van der Waals surface area contributed by atoms with Gasteiger partial charge in [0.15, 0.2) is 0 Å². The lowest BCUT2D eigenvalue weighted by Crippen LogP contribution is -2.17. The number of nitrogens with two attached hydrogens (primary N) is 1. The smallest absolute Gasteiger partial charge is 0.126 e. The maximum Gasteiger partial charge on any atom is 0.126 e. The van der Waals surface area contributed by atoms with Gasteiger partial charge in [-0.15, -0.1) is 0 Å². The Morgan fingerprint density at radius 2 is 2.29 bits per heavy atom. The van der Waals surface area contributed by atoms with Crippen molar-refractivity contribution in [3.8, 4) is 0 Å². The fourth-order valence-corrected chi connectivity index (χ4v) is 1.36. The molecule has 1 aliphatic rings. The zero-order chi connectivity index (χ0) is 10.2. The Kier molecular flexibility index (Phi) is 2.15. The zero-order valence-corrected chi connectivity index (χ0v) is 8.90. The normalized spacial score (nSPS) is 17.5. The van der Waals surface area contributed by atoms with Gasteiger partial charge in [-0.3, -0.25) is 0 Å². The van der Waals surface area contributed by atoms with Gasteiger partial charge in [-0.2, -0.15) is 0 Å². The summed E-state index contributed by atoms with van der Waals surface area (Å²) in [4.78, 5) is 4.64. The molecule has 2 rings (SSSR count). The lowest BCUT2D eigenvalue weighted by molar-refractivity contribution is 0.821. The number of hydrogen-bond donors (Lipinski definition) is 2. The first-order valence-corrected chi connectivity index (χ1v) is 5.04. The van der Waals surface area contributed by atoms with E-state index in [2.05, 4.69) is 17.2 Å². The molecule has 14 heavy (non-hydrogen) atoms. The van der Waals surface area contributed by atoms with E-state index < -0.39 is 0 Å². The second-order valence-corrected chi connectivity index (χ2v) is 4.42. The summed E-state index contributed by atoms with van der Waals surface area (Å²) in [6.45, 7) is 2.19. The summed E-state index contributed by atoms with van der Waals surface area (Å²) >= 11 is 4.84. The first kappa shape index (κ1) is 9.40. The molecule has 4 heteroatoms. The highest BCUT2D eigenvalue weighted by atomic mass is 32.1. The Balaban J connectivity index is 2.10. The van der Waals surface area contributed by atoms with Crippen LogP contribution in [-0.2, 0) is 0 Å². The summed E-state index contributed by atoms with van der Waals surface area (Å²) < 4.78 is 0. The third-order valence-electron chi connectivity index (χ3n) is 2.48. The van der Waals surface area contributed by atoms with Gasteiger partial charge >= 0.3 is 0 Å². The fourth-order valence-electron chi connectivity index (χ4n) is 1.24. The van der Waals surface area contributed by atoms with Gasteiger partial charge in [-0.25, -0.2) is 4.98 Å². The van der Waals surface area contributed by atoms with Crippen LogP contribution in [0.25, 0.3) is 0 Å². The molecule has 1 aliphatic carbocycles. The van der Waals surface area contributed by atoms with Crippen LogP contribution in [0.1, 0.15) is 25.3 Å². The number of hydrogen-bond acceptors (Lipinski definition) is 3. The molecule has 0 aromatic carbocycles. The van der Waals surface area contributed by atoms with Gasteiger partial charge < -0.3 is 11.1 Å². The number of thiocarbonyl (C=S) groups is 1. The van der Waals surface area contributed by atoms with Gasteiger partial charge in [-0.05, 0) is 31.9 Å². The predicted octanol–water partition coefficient (Wildman–Crippen LogP) is 1.68. The maximum absolute atomic E-state index is 5.47. The van der Waals surface area contributed by atoms with E-state index in [0.717, 1.165) is 11.4 Å². The summed E-state index contributed by atoms with van der Waals surface area (Å²) in [5, 5.41) is 3.36. The SMILES string of the molecule is CC1(Nc2ccc(C(N)=S)cn2)CC1. The number of pyridine rings is 1. The van der Waals surface area contributed by atoms with Crippen LogP contribution in [0.4, 0.5) is 5.82 Å². The number of rotatable bonds is 3. The molecule has 0 aliphatic heterocycles. The summed E-state index contributed by atoms with van der Waals surface area (Å²) in [7, 11) is 0. The summed E-state index contributed by atoms with van der Waals surface area (Å²) in [5.74, 6) is 0.894. The number of aromatic nitrogens is 1. The average Bonchev–Trinajstić information content (AvgIpc) is 2.84. The second kappa shape index (κ2) is 3.20. The molecule has 0 bridgehead atoms. The minimum absolute atomic E-state index is 0.262. The Labute approximate surface area is 88.7 Å². The van der Waals surface area contributed by atoms with Gasteiger partial charge in [0.25, 0.3) is 0 Å². The van der Waals surface area contributed by atoms with Crippen molar-refractivity contribution in [1.29, 1.82) is 0 Å². The van der Waals surface area contributed by atoms with Crippen LogP contribution in [0, 0.1) is 0 Å². The molecule has 1 fully saturated rings. The molecular formula is C10H13N3S. The highest BCUT2D eigenvalue weighted by Gasteiger charge is 2.37. The van der Waals surface area contributed by atoms with E-state index in [4.69, 9.17) is 18.0 Å². The summed E-state index contributed by atoms with van der Waals surface area (Å²) in [6, 6.07) is 3.81. The monoisotopic (exact) mass is 207 g/mol. The van der Waals surface area contributed by atoms with Crippen molar-refractivity contribution >= 4 is 23.0 Å². The first-order valence-electron chi connectivity index (χ1n) is 4.63. The van der Waals surface area contributed by atoms with Crippen LogP contribution in [-0.4, -0.2) is 15.5 Å². The van der Waals surface area contributed by atoms with E-state index in [1.165, 1.54) is 12.8 Å². The Morgan fingerprint density at radius 3 is 2.71 bits per heavy atom. The predicted molar refractivity (Wildman–Crippen MR) is 61.4 cm³/mol. The molecular weight excluding hydrogens is 194 g/mol. The van der Waals surface area contributed by atoms with Crippen molar-refractivity contribution in [3.05, 3.63) is 23.9 Å². The summed E-state index contributed by atoms with van der Waals surface area (Å²) in [5.41, 5.74) is 6.55.